The van der Waals surface area contributed by atoms with E-state index < -0.39 is 37.1 Å². The van der Waals surface area contributed by atoms with Crippen LogP contribution in [0.3, 0.4) is 0 Å². The number of pyridine rings is 1. The molecule has 0 bridgehead atoms. The van der Waals surface area contributed by atoms with Gasteiger partial charge in [0.05, 0.1) is 30.9 Å². The lowest BCUT2D eigenvalue weighted by atomic mass is 9.85. The Kier molecular flexibility index (Phi) is 10.6. The molecule has 0 atom stereocenters. The number of halogens is 8. The van der Waals surface area contributed by atoms with Crippen LogP contribution in [-0.4, -0.2) is 47.9 Å². The zero-order chi connectivity index (χ0) is 33.2. The zero-order valence-electron chi connectivity index (χ0n) is 23.6. The molecule has 0 unspecified atom stereocenters. The van der Waals surface area contributed by atoms with E-state index >= 15 is 0 Å². The highest BCUT2D eigenvalue weighted by molar-refractivity contribution is 7.18. The molecule has 246 valence electrons. The average Bonchev–Trinajstić information content (AvgIpc) is 3.62. The summed E-state index contributed by atoms with van der Waals surface area (Å²) in [7, 11) is 0. The number of benzene rings is 1. The molecule has 1 fully saturated rings. The lowest BCUT2D eigenvalue weighted by Gasteiger charge is -2.30. The summed E-state index contributed by atoms with van der Waals surface area (Å²) in [6, 6.07) is 7.33. The maximum atomic E-state index is 13.2. The van der Waals surface area contributed by atoms with E-state index in [4.69, 9.17) is 39.5 Å². The molecular weight excluding hydrogens is 700 g/mol. The standard InChI is InChI=1S/C29H25Cl3F5N5O3S/c30-18-6-1-13(11-38-27(44)19-7-8-20(31)46-19)23(32)24(18)40-22-10-14-9-17(28(42-25(14)41-22)45-12-21(33)34)26(43)39-16-4-2-15(3-5-16)29(35,36)37/h1,6-9,15-16,21H,2-5,10-12H2,(H,38,44)(H,39,43)(H,40,41,42). The second-order valence-electron chi connectivity index (χ2n) is 10.6. The predicted octanol–water partition coefficient (Wildman–Crippen LogP) is 8.23. The fourth-order valence-electron chi connectivity index (χ4n) is 5.11. The molecule has 5 rings (SSSR count). The molecule has 17 heteroatoms. The molecule has 2 aromatic heterocycles. The van der Waals surface area contributed by atoms with Gasteiger partial charge in [-0.05, 0) is 55.5 Å². The number of thiophene rings is 1. The summed E-state index contributed by atoms with van der Waals surface area (Å²) in [5.74, 6) is -2.42. The summed E-state index contributed by atoms with van der Waals surface area (Å²) in [6.07, 6.45) is -7.05. The van der Waals surface area contributed by atoms with Crippen molar-refractivity contribution >= 4 is 75.3 Å². The van der Waals surface area contributed by atoms with Crippen LogP contribution < -0.4 is 20.7 Å². The second-order valence-corrected chi connectivity index (χ2v) is 13.1. The number of anilines is 1. The van der Waals surface area contributed by atoms with Crippen LogP contribution in [0.5, 0.6) is 5.88 Å². The van der Waals surface area contributed by atoms with E-state index in [0.29, 0.717) is 31.9 Å². The van der Waals surface area contributed by atoms with E-state index in [9.17, 15) is 31.5 Å². The van der Waals surface area contributed by atoms with E-state index in [-0.39, 0.29) is 71.9 Å². The van der Waals surface area contributed by atoms with Crippen molar-refractivity contribution in [3.8, 4) is 5.88 Å². The highest BCUT2D eigenvalue weighted by atomic mass is 35.5. The van der Waals surface area contributed by atoms with E-state index in [2.05, 4.69) is 25.9 Å². The molecule has 1 aliphatic heterocycles. The molecule has 1 aliphatic carbocycles. The minimum absolute atomic E-state index is 0.0778. The van der Waals surface area contributed by atoms with Crippen LogP contribution in [0.2, 0.25) is 14.4 Å². The van der Waals surface area contributed by atoms with Crippen molar-refractivity contribution in [3.63, 3.8) is 0 Å². The van der Waals surface area contributed by atoms with Crippen molar-refractivity contribution in [1.82, 2.24) is 15.6 Å². The van der Waals surface area contributed by atoms with Gasteiger partial charge in [0.1, 0.15) is 11.4 Å². The summed E-state index contributed by atoms with van der Waals surface area (Å²) < 4.78 is 70.8. The van der Waals surface area contributed by atoms with Crippen molar-refractivity contribution in [2.75, 3.05) is 11.9 Å². The molecule has 2 aliphatic rings. The van der Waals surface area contributed by atoms with Gasteiger partial charge in [-0.2, -0.15) is 18.2 Å². The quantitative estimate of drug-likeness (QED) is 0.193. The molecule has 3 N–H and O–H groups in total. The highest BCUT2D eigenvalue weighted by Gasteiger charge is 2.41. The number of carbonyl (C=O) groups is 2. The third-order valence-electron chi connectivity index (χ3n) is 7.44. The molecule has 0 saturated heterocycles. The lowest BCUT2D eigenvalue weighted by molar-refractivity contribution is -0.182. The number of alkyl halides is 5. The third-order valence-corrected chi connectivity index (χ3v) is 9.41. The number of aliphatic imine (C=N–C) groups is 1. The van der Waals surface area contributed by atoms with Crippen LogP contribution in [0.4, 0.5) is 33.5 Å². The minimum atomic E-state index is -4.30. The van der Waals surface area contributed by atoms with Crippen molar-refractivity contribution in [3.05, 3.63) is 66.3 Å². The van der Waals surface area contributed by atoms with Crippen molar-refractivity contribution in [1.29, 1.82) is 0 Å². The number of fused-ring (bicyclic) bond motifs is 1. The molecule has 0 spiro atoms. The topological polar surface area (TPSA) is 105 Å². The van der Waals surface area contributed by atoms with Crippen molar-refractivity contribution in [2.45, 2.75) is 57.3 Å². The molecule has 8 nitrogen and oxygen atoms in total. The van der Waals surface area contributed by atoms with Gasteiger partial charge < -0.3 is 20.7 Å². The predicted molar refractivity (Wildman–Crippen MR) is 166 cm³/mol. The second kappa shape index (κ2) is 14.3. The summed E-state index contributed by atoms with van der Waals surface area (Å²) in [5, 5.41) is 8.97. The number of nitrogens with zero attached hydrogens (tertiary/aromatic N) is 2. The molecule has 1 saturated carbocycles. The number of rotatable bonds is 9. The molecule has 3 aromatic rings. The van der Waals surface area contributed by atoms with Gasteiger partial charge in [0, 0.05) is 24.6 Å². The summed E-state index contributed by atoms with van der Waals surface area (Å²) in [6.45, 7) is -0.958. The number of hydrogen-bond acceptors (Lipinski definition) is 7. The van der Waals surface area contributed by atoms with E-state index in [1.54, 1.807) is 24.3 Å². The van der Waals surface area contributed by atoms with Gasteiger partial charge in [0.2, 0.25) is 5.88 Å². The SMILES string of the molecule is O=C(NCc1ccc(Cl)c(NC2=Nc3nc(OCC(F)F)c(C(=O)NC4CCC(C(F)(F)F)CC4)cc3C2)c1Cl)c1ccc(Cl)s1. The number of amidine groups is 1. The Balaban J connectivity index is 1.30. The van der Waals surface area contributed by atoms with Crippen LogP contribution in [0.15, 0.2) is 35.3 Å². The summed E-state index contributed by atoms with van der Waals surface area (Å²) in [5.41, 5.74) is 1.16. The first kappa shape index (κ1) is 34.1. The monoisotopic (exact) mass is 723 g/mol. The molecule has 2 amide bonds. The van der Waals surface area contributed by atoms with Crippen LogP contribution in [0.25, 0.3) is 0 Å². The fourth-order valence-corrected chi connectivity index (χ4v) is 6.60. The van der Waals surface area contributed by atoms with Crippen molar-refractivity contribution < 1.29 is 36.3 Å². The Labute approximate surface area is 278 Å². The fraction of sp³-hybridized carbons (Fsp3) is 0.379. The first-order valence-electron chi connectivity index (χ1n) is 14.0. The number of carbonyl (C=O) groups excluding carboxylic acids is 2. The van der Waals surface area contributed by atoms with Crippen molar-refractivity contribution in [2.24, 2.45) is 10.9 Å². The van der Waals surface area contributed by atoms with Gasteiger partial charge >= 0.3 is 6.18 Å². The number of amides is 2. The van der Waals surface area contributed by atoms with Gasteiger partial charge in [-0.15, -0.1) is 11.3 Å². The maximum Gasteiger partial charge on any atom is 0.391 e. The Morgan fingerprint density at radius 3 is 2.43 bits per heavy atom. The molecule has 3 heterocycles. The largest absolute Gasteiger partial charge is 0.471 e. The normalized spacial score (nSPS) is 17.8. The van der Waals surface area contributed by atoms with Gasteiger partial charge in [-0.3, -0.25) is 9.59 Å². The Bertz CT molecular complexity index is 1660. The number of ether oxygens (including phenoxy) is 1. The maximum absolute atomic E-state index is 13.2. The van der Waals surface area contributed by atoms with E-state index in [1.807, 2.05) is 0 Å². The van der Waals surface area contributed by atoms with Gasteiger partial charge in [0.25, 0.3) is 18.2 Å². The minimum Gasteiger partial charge on any atom is -0.471 e. The van der Waals surface area contributed by atoms with Crippen LogP contribution in [0.1, 0.15) is 56.8 Å². The molecule has 0 radical (unpaired) electrons. The third kappa shape index (κ3) is 8.20. The first-order chi connectivity index (χ1) is 21.8. The first-order valence-corrected chi connectivity index (χ1v) is 15.9. The van der Waals surface area contributed by atoms with Crippen LogP contribution >= 0.6 is 46.1 Å². The van der Waals surface area contributed by atoms with E-state index in [1.165, 1.54) is 6.07 Å². The van der Waals surface area contributed by atoms with Gasteiger partial charge in [-0.1, -0.05) is 40.9 Å². The van der Waals surface area contributed by atoms with E-state index in [0.717, 1.165) is 11.3 Å². The summed E-state index contributed by atoms with van der Waals surface area (Å²) in [4.78, 5) is 34.7. The molecular formula is C29H25Cl3F5N5O3S. The smallest absolute Gasteiger partial charge is 0.391 e. The molecule has 1 aromatic carbocycles. The number of nitrogens with one attached hydrogen (secondary N) is 3. The van der Waals surface area contributed by atoms with Crippen LogP contribution in [-0.2, 0) is 13.0 Å². The Hall–Kier alpha value is -3.20. The molecule has 46 heavy (non-hydrogen) atoms. The Morgan fingerprint density at radius 1 is 1.04 bits per heavy atom. The highest BCUT2D eigenvalue weighted by Crippen LogP contribution is 2.39. The Morgan fingerprint density at radius 2 is 1.78 bits per heavy atom. The number of hydrogen-bond donors (Lipinski definition) is 3. The summed E-state index contributed by atoms with van der Waals surface area (Å²) >= 11 is 20.1. The average molecular weight is 725 g/mol. The number of aromatic nitrogens is 1. The lowest BCUT2D eigenvalue weighted by Crippen LogP contribution is -2.40. The van der Waals surface area contributed by atoms with Gasteiger partial charge in [-0.25, -0.2) is 13.8 Å². The van der Waals surface area contributed by atoms with Gasteiger partial charge in [0.15, 0.2) is 12.4 Å². The zero-order valence-corrected chi connectivity index (χ0v) is 26.7. The van der Waals surface area contributed by atoms with Crippen LogP contribution in [0, 0.1) is 5.92 Å².